The van der Waals surface area contributed by atoms with E-state index in [2.05, 4.69) is 51.4 Å². The van der Waals surface area contributed by atoms with E-state index in [4.69, 9.17) is 0 Å². The number of thiophene rings is 1. The Labute approximate surface area is 171 Å². The Hall–Kier alpha value is -2.15. The Balaban J connectivity index is 1.61. The minimum Gasteiger partial charge on any atom is -0.382 e. The lowest BCUT2D eigenvalue weighted by Crippen LogP contribution is -2.52. The number of likely N-dealkylation sites (N-methyl/N-ethyl adjacent to an activating group) is 1. The SMILES string of the molecule is C[C@H](Cc1ccsc1)NC1=C(NCC(Cc2ccccc2)N(C)C)C(O)C1=O. The fourth-order valence-electron chi connectivity index (χ4n) is 3.40. The standard InChI is InChI=1S/C22H29N3O2S/c1-15(11-17-9-10-28-14-17)24-20-19(21(26)22(20)27)23-13-18(25(2)3)12-16-7-5-4-6-8-16/h4-10,14-15,18,21,23-24,26H,11-13H2,1-3H3/t15-,18?,21?/m1/s1. The van der Waals surface area contributed by atoms with Gasteiger partial charge in [0.1, 0.15) is 5.70 Å². The topological polar surface area (TPSA) is 64.6 Å². The van der Waals surface area contributed by atoms with Crippen molar-refractivity contribution in [3.8, 4) is 0 Å². The van der Waals surface area contributed by atoms with Crippen molar-refractivity contribution in [3.63, 3.8) is 0 Å². The van der Waals surface area contributed by atoms with Gasteiger partial charge in [-0.3, -0.25) is 4.79 Å². The van der Waals surface area contributed by atoms with E-state index in [1.54, 1.807) is 11.3 Å². The first kappa shape index (κ1) is 20.6. The highest BCUT2D eigenvalue weighted by Gasteiger charge is 2.38. The van der Waals surface area contributed by atoms with Gasteiger partial charge < -0.3 is 20.6 Å². The van der Waals surface area contributed by atoms with Crippen LogP contribution in [0.2, 0.25) is 0 Å². The van der Waals surface area contributed by atoms with E-state index in [0.29, 0.717) is 17.9 Å². The fourth-order valence-corrected chi connectivity index (χ4v) is 4.09. The molecule has 5 nitrogen and oxygen atoms in total. The van der Waals surface area contributed by atoms with Crippen molar-refractivity contribution in [2.24, 2.45) is 0 Å². The van der Waals surface area contributed by atoms with E-state index in [-0.39, 0.29) is 17.9 Å². The Bertz CT molecular complexity index is 802. The molecule has 0 amide bonds. The molecule has 0 spiro atoms. The number of benzene rings is 1. The summed E-state index contributed by atoms with van der Waals surface area (Å²) in [6.45, 7) is 2.71. The maximum atomic E-state index is 12.2. The number of carbonyl (C=O) groups is 1. The Morgan fingerprint density at radius 1 is 1.14 bits per heavy atom. The first-order valence-corrected chi connectivity index (χ1v) is 10.6. The molecule has 0 aliphatic heterocycles. The number of nitrogens with one attached hydrogen (secondary N) is 2. The monoisotopic (exact) mass is 399 g/mol. The highest BCUT2D eigenvalue weighted by Crippen LogP contribution is 2.22. The molecule has 0 saturated carbocycles. The van der Waals surface area contributed by atoms with Crippen LogP contribution in [0.3, 0.4) is 0 Å². The molecular formula is C22H29N3O2S. The highest BCUT2D eigenvalue weighted by atomic mass is 32.1. The molecule has 28 heavy (non-hydrogen) atoms. The van der Waals surface area contributed by atoms with Crippen molar-refractivity contribution in [1.82, 2.24) is 15.5 Å². The zero-order chi connectivity index (χ0) is 20.1. The summed E-state index contributed by atoms with van der Waals surface area (Å²) in [5, 5.41) is 20.9. The van der Waals surface area contributed by atoms with Gasteiger partial charge in [-0.25, -0.2) is 0 Å². The quantitative estimate of drug-likeness (QED) is 0.572. The molecule has 2 unspecified atom stereocenters. The predicted octanol–water partition coefficient (Wildman–Crippen LogP) is 2.19. The molecular weight excluding hydrogens is 370 g/mol. The molecule has 3 rings (SSSR count). The minimum absolute atomic E-state index is 0.117. The number of rotatable bonds is 10. The number of carbonyl (C=O) groups excluding carboxylic acids is 1. The van der Waals surface area contributed by atoms with E-state index >= 15 is 0 Å². The largest absolute Gasteiger partial charge is 0.382 e. The van der Waals surface area contributed by atoms with Gasteiger partial charge in [0.15, 0.2) is 6.10 Å². The molecule has 1 aromatic heterocycles. The second kappa shape index (κ2) is 9.37. The molecule has 0 saturated heterocycles. The third-order valence-electron chi connectivity index (χ3n) is 5.12. The fraction of sp³-hybridized carbons (Fsp3) is 0.409. The smallest absolute Gasteiger partial charge is 0.215 e. The third-order valence-corrected chi connectivity index (χ3v) is 5.85. The summed E-state index contributed by atoms with van der Waals surface area (Å²) >= 11 is 1.67. The van der Waals surface area contributed by atoms with Gasteiger partial charge in [-0.15, -0.1) is 0 Å². The zero-order valence-corrected chi connectivity index (χ0v) is 17.5. The molecule has 1 aliphatic carbocycles. The summed E-state index contributed by atoms with van der Waals surface area (Å²) in [6.07, 6.45) is 0.698. The van der Waals surface area contributed by atoms with E-state index < -0.39 is 6.10 Å². The van der Waals surface area contributed by atoms with Gasteiger partial charge in [-0.2, -0.15) is 11.3 Å². The van der Waals surface area contributed by atoms with Crippen molar-refractivity contribution in [1.29, 1.82) is 0 Å². The summed E-state index contributed by atoms with van der Waals surface area (Å²) in [5.74, 6) is -0.232. The Morgan fingerprint density at radius 2 is 1.89 bits per heavy atom. The molecule has 0 fully saturated rings. The van der Waals surface area contributed by atoms with Gasteiger partial charge in [0, 0.05) is 18.6 Å². The van der Waals surface area contributed by atoms with Gasteiger partial charge in [0.05, 0.1) is 5.70 Å². The van der Waals surface area contributed by atoms with Crippen LogP contribution in [-0.4, -0.2) is 54.6 Å². The van der Waals surface area contributed by atoms with Crippen molar-refractivity contribution >= 4 is 17.1 Å². The number of hydrogen-bond acceptors (Lipinski definition) is 6. The van der Waals surface area contributed by atoms with Gasteiger partial charge in [-0.1, -0.05) is 30.3 Å². The second-order valence-corrected chi connectivity index (χ2v) is 8.40. The van der Waals surface area contributed by atoms with Crippen LogP contribution in [0.25, 0.3) is 0 Å². The molecule has 3 N–H and O–H groups in total. The second-order valence-electron chi connectivity index (χ2n) is 7.62. The predicted molar refractivity (Wildman–Crippen MR) is 114 cm³/mol. The number of hydrogen-bond donors (Lipinski definition) is 3. The Kier molecular flexibility index (Phi) is 6.88. The summed E-state index contributed by atoms with van der Waals surface area (Å²) in [5.41, 5.74) is 3.66. The van der Waals surface area contributed by atoms with E-state index in [0.717, 1.165) is 12.8 Å². The lowest BCUT2D eigenvalue weighted by atomic mass is 9.93. The normalized spacial score (nSPS) is 18.8. The number of nitrogens with zero attached hydrogens (tertiary/aromatic N) is 1. The van der Waals surface area contributed by atoms with Crippen molar-refractivity contribution < 1.29 is 9.90 Å². The van der Waals surface area contributed by atoms with E-state index in [1.165, 1.54) is 11.1 Å². The number of aliphatic hydroxyl groups is 1. The molecule has 1 aliphatic rings. The molecule has 1 aromatic carbocycles. The number of aliphatic hydroxyl groups excluding tert-OH is 1. The summed E-state index contributed by atoms with van der Waals surface area (Å²) in [6, 6.07) is 12.8. The molecule has 0 bridgehead atoms. The summed E-state index contributed by atoms with van der Waals surface area (Å²) in [4.78, 5) is 14.3. The number of Topliss-reactive ketones (excluding diaryl/α,β-unsaturated/α-hetero) is 1. The molecule has 1 heterocycles. The van der Waals surface area contributed by atoms with Crippen LogP contribution in [0.1, 0.15) is 18.1 Å². The minimum atomic E-state index is -1.05. The maximum Gasteiger partial charge on any atom is 0.215 e. The van der Waals surface area contributed by atoms with E-state index in [1.807, 2.05) is 32.3 Å². The molecule has 6 heteroatoms. The van der Waals surface area contributed by atoms with Gasteiger partial charge in [-0.05, 0) is 61.8 Å². The van der Waals surface area contributed by atoms with Crippen LogP contribution in [0, 0.1) is 0 Å². The van der Waals surface area contributed by atoms with Gasteiger partial charge in [0.2, 0.25) is 5.78 Å². The lowest BCUT2D eigenvalue weighted by Gasteiger charge is -2.33. The van der Waals surface area contributed by atoms with Crippen LogP contribution in [0.4, 0.5) is 0 Å². The third kappa shape index (κ3) is 5.01. The average Bonchev–Trinajstić information content (AvgIpc) is 3.19. The van der Waals surface area contributed by atoms with Gasteiger partial charge >= 0.3 is 0 Å². The average molecular weight is 400 g/mol. The van der Waals surface area contributed by atoms with E-state index in [9.17, 15) is 9.90 Å². The van der Waals surface area contributed by atoms with Crippen LogP contribution >= 0.6 is 11.3 Å². The van der Waals surface area contributed by atoms with Crippen LogP contribution < -0.4 is 10.6 Å². The summed E-state index contributed by atoms with van der Waals surface area (Å²) in [7, 11) is 4.10. The van der Waals surface area contributed by atoms with Crippen LogP contribution in [-0.2, 0) is 17.6 Å². The molecule has 2 aromatic rings. The first-order valence-electron chi connectivity index (χ1n) is 9.64. The highest BCUT2D eigenvalue weighted by molar-refractivity contribution is 7.07. The Morgan fingerprint density at radius 3 is 2.54 bits per heavy atom. The number of ketones is 1. The lowest BCUT2D eigenvalue weighted by molar-refractivity contribution is -0.125. The maximum absolute atomic E-state index is 12.2. The summed E-state index contributed by atoms with van der Waals surface area (Å²) < 4.78 is 0. The molecule has 0 radical (unpaired) electrons. The van der Waals surface area contributed by atoms with Crippen LogP contribution in [0.15, 0.2) is 58.6 Å². The van der Waals surface area contributed by atoms with Crippen molar-refractivity contribution in [2.75, 3.05) is 20.6 Å². The molecule has 150 valence electrons. The van der Waals surface area contributed by atoms with Crippen LogP contribution in [0.5, 0.6) is 0 Å². The zero-order valence-electron chi connectivity index (χ0n) is 16.7. The van der Waals surface area contributed by atoms with Crippen molar-refractivity contribution in [2.45, 2.75) is 38.0 Å². The van der Waals surface area contributed by atoms with Crippen molar-refractivity contribution in [3.05, 3.63) is 69.7 Å². The molecule has 3 atom stereocenters. The van der Waals surface area contributed by atoms with Gasteiger partial charge in [0.25, 0.3) is 0 Å². The first-order chi connectivity index (χ1) is 13.5.